The predicted octanol–water partition coefficient (Wildman–Crippen LogP) is 2.95. The molecule has 0 radical (unpaired) electrons. The van der Waals surface area contributed by atoms with Crippen molar-refractivity contribution in [3.63, 3.8) is 0 Å². The molecule has 0 bridgehead atoms. The molecule has 4 heteroatoms. The molecule has 0 spiro atoms. The zero-order valence-corrected chi connectivity index (χ0v) is 10.4. The first kappa shape index (κ1) is 11.7. The fourth-order valence-corrected chi connectivity index (χ4v) is 1.88. The molecule has 0 aliphatic rings. The molecule has 17 heavy (non-hydrogen) atoms. The van der Waals surface area contributed by atoms with E-state index in [1.165, 1.54) is 0 Å². The highest BCUT2D eigenvalue weighted by Gasteiger charge is 2.08. The third kappa shape index (κ3) is 2.68. The van der Waals surface area contributed by atoms with Gasteiger partial charge in [0.2, 0.25) is 0 Å². The summed E-state index contributed by atoms with van der Waals surface area (Å²) in [6.07, 6.45) is 3.61. The van der Waals surface area contributed by atoms with Gasteiger partial charge in [-0.3, -0.25) is 4.98 Å². The summed E-state index contributed by atoms with van der Waals surface area (Å²) < 4.78 is 0. The van der Waals surface area contributed by atoms with Gasteiger partial charge in [0.25, 0.3) is 0 Å². The van der Waals surface area contributed by atoms with Gasteiger partial charge in [0, 0.05) is 26.0 Å². The molecule has 0 saturated heterocycles. The lowest BCUT2D eigenvalue weighted by molar-refractivity contribution is 0.917. The van der Waals surface area contributed by atoms with Crippen LogP contribution < -0.4 is 10.6 Å². The monoisotopic (exact) mass is 247 g/mol. The quantitative estimate of drug-likeness (QED) is 0.848. The Morgan fingerprint density at radius 2 is 2.12 bits per heavy atom. The molecule has 0 amide bonds. The average Bonchev–Trinajstić information content (AvgIpc) is 2.34. The smallest absolute Gasteiger partial charge is 0.0741 e. The van der Waals surface area contributed by atoms with Gasteiger partial charge in [0.15, 0.2) is 0 Å². The number of anilines is 2. The van der Waals surface area contributed by atoms with Crippen LogP contribution in [0.3, 0.4) is 0 Å². The van der Waals surface area contributed by atoms with Crippen LogP contribution in [0.1, 0.15) is 5.56 Å². The molecule has 0 unspecified atom stereocenters. The summed E-state index contributed by atoms with van der Waals surface area (Å²) in [5.74, 6) is 0. The topological polar surface area (TPSA) is 42.2 Å². The third-order valence-electron chi connectivity index (χ3n) is 2.58. The van der Waals surface area contributed by atoms with Crippen LogP contribution in [0.5, 0.6) is 0 Å². The van der Waals surface area contributed by atoms with Crippen molar-refractivity contribution in [2.24, 2.45) is 0 Å². The second kappa shape index (κ2) is 5.06. The number of hydrogen-bond acceptors (Lipinski definition) is 3. The Morgan fingerprint density at radius 1 is 1.29 bits per heavy atom. The Morgan fingerprint density at radius 3 is 2.82 bits per heavy atom. The number of para-hydroxylation sites is 1. The Bertz CT molecular complexity index is 499. The van der Waals surface area contributed by atoms with E-state index in [-0.39, 0.29) is 0 Å². The van der Waals surface area contributed by atoms with Crippen molar-refractivity contribution in [1.29, 1.82) is 0 Å². The second-order valence-corrected chi connectivity index (χ2v) is 4.30. The van der Waals surface area contributed by atoms with Crippen molar-refractivity contribution >= 4 is 23.0 Å². The fourth-order valence-electron chi connectivity index (χ4n) is 1.71. The van der Waals surface area contributed by atoms with E-state index in [0.29, 0.717) is 10.7 Å². The van der Waals surface area contributed by atoms with Crippen molar-refractivity contribution in [3.05, 3.63) is 53.3 Å². The number of pyridine rings is 1. The van der Waals surface area contributed by atoms with Crippen molar-refractivity contribution < 1.29 is 0 Å². The van der Waals surface area contributed by atoms with Gasteiger partial charge in [-0.2, -0.15) is 0 Å². The molecule has 2 aromatic rings. The Kier molecular flexibility index (Phi) is 3.49. The van der Waals surface area contributed by atoms with Crippen LogP contribution in [-0.2, 0) is 6.54 Å². The molecule has 1 aromatic carbocycles. The Balaban J connectivity index is 2.20. The van der Waals surface area contributed by atoms with E-state index in [1.807, 2.05) is 37.5 Å². The second-order valence-electron chi connectivity index (χ2n) is 3.89. The van der Waals surface area contributed by atoms with Crippen molar-refractivity contribution in [3.8, 4) is 0 Å². The van der Waals surface area contributed by atoms with E-state index in [9.17, 15) is 0 Å². The zero-order chi connectivity index (χ0) is 12.3. The molecule has 3 nitrogen and oxygen atoms in total. The Hall–Kier alpha value is -1.74. The van der Waals surface area contributed by atoms with Crippen LogP contribution in [0.2, 0.25) is 5.02 Å². The van der Waals surface area contributed by atoms with E-state index in [1.54, 1.807) is 12.3 Å². The molecule has 1 heterocycles. The first-order valence-electron chi connectivity index (χ1n) is 5.32. The lowest BCUT2D eigenvalue weighted by Crippen LogP contribution is -2.17. The maximum absolute atomic E-state index is 6.00. The van der Waals surface area contributed by atoms with E-state index in [2.05, 4.69) is 9.88 Å². The minimum Gasteiger partial charge on any atom is -0.396 e. The number of rotatable bonds is 3. The van der Waals surface area contributed by atoms with E-state index >= 15 is 0 Å². The molecule has 1 aromatic heterocycles. The summed E-state index contributed by atoms with van der Waals surface area (Å²) in [5, 5.41) is 0.584. The summed E-state index contributed by atoms with van der Waals surface area (Å²) in [7, 11) is 1.98. The molecule has 88 valence electrons. The van der Waals surface area contributed by atoms with Crippen molar-refractivity contribution in [1.82, 2.24) is 4.98 Å². The van der Waals surface area contributed by atoms with Crippen LogP contribution in [-0.4, -0.2) is 12.0 Å². The number of nitrogens with zero attached hydrogens (tertiary/aromatic N) is 2. The molecule has 2 rings (SSSR count). The number of halogens is 1. The maximum atomic E-state index is 6.00. The SMILES string of the molecule is CN(Cc1cccnc1)c1cccc(Cl)c1N. The molecule has 2 N–H and O–H groups in total. The van der Waals surface area contributed by atoms with Gasteiger partial charge in [-0.25, -0.2) is 0 Å². The van der Waals surface area contributed by atoms with Crippen LogP contribution in [0.15, 0.2) is 42.7 Å². The molecular weight excluding hydrogens is 234 g/mol. The van der Waals surface area contributed by atoms with E-state index in [0.717, 1.165) is 17.8 Å². The van der Waals surface area contributed by atoms with Gasteiger partial charge >= 0.3 is 0 Å². The van der Waals surface area contributed by atoms with Crippen LogP contribution >= 0.6 is 11.6 Å². The lowest BCUT2D eigenvalue weighted by atomic mass is 10.2. The predicted molar refractivity (Wildman–Crippen MR) is 72.2 cm³/mol. The molecular formula is C13H14ClN3. The highest BCUT2D eigenvalue weighted by atomic mass is 35.5. The van der Waals surface area contributed by atoms with Crippen molar-refractivity contribution in [2.75, 3.05) is 17.7 Å². The number of benzene rings is 1. The Labute approximate surface area is 106 Å². The van der Waals surface area contributed by atoms with Crippen LogP contribution in [0.25, 0.3) is 0 Å². The molecule has 0 fully saturated rings. The van der Waals surface area contributed by atoms with Gasteiger partial charge < -0.3 is 10.6 Å². The van der Waals surface area contributed by atoms with Crippen LogP contribution in [0.4, 0.5) is 11.4 Å². The van der Waals surface area contributed by atoms with Gasteiger partial charge in [-0.1, -0.05) is 23.7 Å². The average molecular weight is 248 g/mol. The summed E-state index contributed by atoms with van der Waals surface area (Å²) in [6.45, 7) is 0.748. The molecule has 0 aliphatic carbocycles. The summed E-state index contributed by atoms with van der Waals surface area (Å²) in [4.78, 5) is 6.14. The highest BCUT2D eigenvalue weighted by molar-refractivity contribution is 6.33. The van der Waals surface area contributed by atoms with Crippen molar-refractivity contribution in [2.45, 2.75) is 6.54 Å². The van der Waals surface area contributed by atoms with Gasteiger partial charge in [-0.15, -0.1) is 0 Å². The number of hydrogen-bond donors (Lipinski definition) is 1. The number of nitrogen functional groups attached to an aromatic ring is 1. The minimum absolute atomic E-state index is 0.584. The van der Waals surface area contributed by atoms with Crippen LogP contribution in [0, 0.1) is 0 Å². The molecule has 0 aliphatic heterocycles. The lowest BCUT2D eigenvalue weighted by Gasteiger charge is -2.21. The standard InChI is InChI=1S/C13H14ClN3/c1-17(9-10-4-3-7-16-8-10)12-6-2-5-11(14)13(12)15/h2-8H,9,15H2,1H3. The first-order valence-corrected chi connectivity index (χ1v) is 5.70. The third-order valence-corrected chi connectivity index (χ3v) is 2.91. The largest absolute Gasteiger partial charge is 0.396 e. The summed E-state index contributed by atoms with van der Waals surface area (Å²) >= 11 is 6.00. The van der Waals surface area contributed by atoms with E-state index in [4.69, 9.17) is 17.3 Å². The zero-order valence-electron chi connectivity index (χ0n) is 9.60. The summed E-state index contributed by atoms with van der Waals surface area (Å²) in [5.41, 5.74) is 8.63. The van der Waals surface area contributed by atoms with Gasteiger partial charge in [-0.05, 0) is 23.8 Å². The highest BCUT2D eigenvalue weighted by Crippen LogP contribution is 2.29. The van der Waals surface area contributed by atoms with Gasteiger partial charge in [0.05, 0.1) is 16.4 Å². The fraction of sp³-hybridized carbons (Fsp3) is 0.154. The van der Waals surface area contributed by atoms with Gasteiger partial charge in [0.1, 0.15) is 0 Å². The molecule has 0 atom stereocenters. The minimum atomic E-state index is 0.584. The number of aromatic nitrogens is 1. The maximum Gasteiger partial charge on any atom is 0.0741 e. The summed E-state index contributed by atoms with van der Waals surface area (Å²) in [6, 6.07) is 9.60. The van der Waals surface area contributed by atoms with E-state index < -0.39 is 0 Å². The first-order chi connectivity index (χ1) is 8.18. The molecule has 0 saturated carbocycles. The normalized spacial score (nSPS) is 10.2. The number of nitrogens with two attached hydrogens (primary N) is 1.